The molecule has 6 nitrogen and oxygen atoms in total. The molecule has 1 aliphatic heterocycles. The molecule has 0 radical (unpaired) electrons. The van der Waals surface area contributed by atoms with Crippen LogP contribution in [0.1, 0.15) is 30.8 Å². The van der Waals surface area contributed by atoms with E-state index in [2.05, 4.69) is 68.5 Å². The SMILES string of the molecule is CC.Cc1cc(-c2[nH]c3nc(-c4ccc(N5CCNCC5)nc4)ccc3c2C)cc(C)n1. The Labute approximate surface area is 190 Å². The molecule has 1 fully saturated rings. The minimum Gasteiger partial charge on any atom is -0.354 e. The molecule has 5 rings (SSSR count). The number of anilines is 1. The summed E-state index contributed by atoms with van der Waals surface area (Å²) in [5, 5.41) is 4.52. The zero-order chi connectivity index (χ0) is 22.7. The van der Waals surface area contributed by atoms with Crippen LogP contribution in [0, 0.1) is 20.8 Å². The van der Waals surface area contributed by atoms with Crippen LogP contribution in [0.15, 0.2) is 42.6 Å². The van der Waals surface area contributed by atoms with Crippen molar-refractivity contribution in [2.75, 3.05) is 31.1 Å². The van der Waals surface area contributed by atoms with Gasteiger partial charge in [-0.3, -0.25) is 4.98 Å². The minimum atomic E-state index is 0.901. The second-order valence-electron chi connectivity index (χ2n) is 8.00. The Hall–Kier alpha value is -3.25. The number of aromatic amines is 1. The van der Waals surface area contributed by atoms with Gasteiger partial charge in [0, 0.05) is 60.3 Å². The van der Waals surface area contributed by atoms with Gasteiger partial charge in [-0.05, 0) is 62.7 Å². The van der Waals surface area contributed by atoms with Gasteiger partial charge in [0.05, 0.1) is 11.4 Å². The van der Waals surface area contributed by atoms with E-state index in [1.54, 1.807) is 0 Å². The van der Waals surface area contributed by atoms with E-state index in [0.717, 1.165) is 76.9 Å². The summed E-state index contributed by atoms with van der Waals surface area (Å²) < 4.78 is 0. The second kappa shape index (κ2) is 9.49. The van der Waals surface area contributed by atoms with Gasteiger partial charge in [-0.2, -0.15) is 0 Å². The van der Waals surface area contributed by atoms with Crippen LogP contribution in [0.2, 0.25) is 0 Å². The van der Waals surface area contributed by atoms with Gasteiger partial charge in [-0.15, -0.1) is 0 Å². The number of hydrogen-bond acceptors (Lipinski definition) is 5. The molecule has 0 amide bonds. The molecule has 0 atom stereocenters. The lowest BCUT2D eigenvalue weighted by Gasteiger charge is -2.28. The van der Waals surface area contributed by atoms with Crippen molar-refractivity contribution in [2.24, 2.45) is 0 Å². The fourth-order valence-electron chi connectivity index (χ4n) is 4.25. The predicted molar refractivity (Wildman–Crippen MR) is 133 cm³/mol. The van der Waals surface area contributed by atoms with Gasteiger partial charge < -0.3 is 15.2 Å². The molecule has 0 aliphatic carbocycles. The summed E-state index contributed by atoms with van der Waals surface area (Å²) in [5.41, 5.74) is 8.37. The van der Waals surface area contributed by atoms with E-state index in [1.165, 1.54) is 5.56 Å². The van der Waals surface area contributed by atoms with Gasteiger partial charge in [0.15, 0.2) is 0 Å². The quantitative estimate of drug-likeness (QED) is 0.478. The Morgan fingerprint density at radius 2 is 1.56 bits per heavy atom. The van der Waals surface area contributed by atoms with E-state index < -0.39 is 0 Å². The molecule has 0 spiro atoms. The molecule has 166 valence electrons. The summed E-state index contributed by atoms with van der Waals surface area (Å²) in [7, 11) is 0. The normalized spacial score (nSPS) is 13.7. The maximum absolute atomic E-state index is 4.90. The van der Waals surface area contributed by atoms with Gasteiger partial charge >= 0.3 is 0 Å². The molecular formula is C26H32N6. The summed E-state index contributed by atoms with van der Waals surface area (Å²) in [5.74, 6) is 1.03. The monoisotopic (exact) mass is 428 g/mol. The van der Waals surface area contributed by atoms with Crippen molar-refractivity contribution in [1.82, 2.24) is 25.3 Å². The first-order valence-corrected chi connectivity index (χ1v) is 11.5. The Morgan fingerprint density at radius 1 is 0.844 bits per heavy atom. The number of nitrogens with one attached hydrogen (secondary N) is 2. The molecule has 4 aromatic rings. The highest BCUT2D eigenvalue weighted by Gasteiger charge is 2.14. The Bertz CT molecular complexity index is 1180. The number of fused-ring (bicyclic) bond motifs is 1. The summed E-state index contributed by atoms with van der Waals surface area (Å²) in [6.07, 6.45) is 1.93. The predicted octanol–water partition coefficient (Wildman–Crippen LogP) is 5.05. The molecule has 1 saturated heterocycles. The number of hydrogen-bond donors (Lipinski definition) is 2. The molecule has 0 unspecified atom stereocenters. The minimum absolute atomic E-state index is 0.901. The standard InChI is InChI=1S/C24H26N6.C2H6/c1-15-12-19(13-16(2)27-15)23-17(3)20-5-6-21(28-24(20)29-23)18-4-7-22(26-14-18)30-10-8-25-9-11-30;1-2/h4-7,12-14,25H,8-11H2,1-3H3,(H,28,29);1-2H3. The van der Waals surface area contributed by atoms with Crippen molar-refractivity contribution >= 4 is 16.9 Å². The van der Waals surface area contributed by atoms with E-state index in [9.17, 15) is 0 Å². The molecule has 6 heteroatoms. The highest BCUT2D eigenvalue weighted by Crippen LogP contribution is 2.31. The number of aromatic nitrogens is 4. The van der Waals surface area contributed by atoms with E-state index in [0.29, 0.717) is 0 Å². The number of aryl methyl sites for hydroxylation is 3. The first-order chi connectivity index (χ1) is 15.6. The number of rotatable bonds is 3. The van der Waals surface area contributed by atoms with Crippen LogP contribution in [0.4, 0.5) is 5.82 Å². The van der Waals surface area contributed by atoms with Crippen molar-refractivity contribution in [2.45, 2.75) is 34.6 Å². The second-order valence-corrected chi connectivity index (χ2v) is 8.00. The third-order valence-electron chi connectivity index (χ3n) is 5.77. The molecule has 2 N–H and O–H groups in total. The largest absolute Gasteiger partial charge is 0.354 e. The van der Waals surface area contributed by atoms with Gasteiger partial charge in [0.2, 0.25) is 0 Å². The maximum atomic E-state index is 4.90. The van der Waals surface area contributed by atoms with Crippen molar-refractivity contribution in [3.05, 3.63) is 59.5 Å². The van der Waals surface area contributed by atoms with Crippen LogP contribution in [-0.4, -0.2) is 46.1 Å². The smallest absolute Gasteiger partial charge is 0.138 e. The number of nitrogens with zero attached hydrogens (tertiary/aromatic N) is 4. The summed E-state index contributed by atoms with van der Waals surface area (Å²) in [6.45, 7) is 14.2. The van der Waals surface area contributed by atoms with Crippen LogP contribution in [0.3, 0.4) is 0 Å². The van der Waals surface area contributed by atoms with Gasteiger partial charge in [0.1, 0.15) is 11.5 Å². The Kier molecular flexibility index (Phi) is 6.51. The topological polar surface area (TPSA) is 69.7 Å². The van der Waals surface area contributed by atoms with Crippen molar-refractivity contribution in [1.29, 1.82) is 0 Å². The number of H-pyrrole nitrogens is 1. The van der Waals surface area contributed by atoms with Gasteiger partial charge in [0.25, 0.3) is 0 Å². The van der Waals surface area contributed by atoms with E-state index in [1.807, 2.05) is 33.9 Å². The van der Waals surface area contributed by atoms with Gasteiger partial charge in [-0.25, -0.2) is 9.97 Å². The average molecular weight is 429 g/mol. The molecule has 0 saturated carbocycles. The Morgan fingerprint density at radius 3 is 2.22 bits per heavy atom. The lowest BCUT2D eigenvalue weighted by atomic mass is 10.1. The number of pyridine rings is 3. The highest BCUT2D eigenvalue weighted by atomic mass is 15.2. The summed E-state index contributed by atoms with van der Waals surface area (Å²) in [4.78, 5) is 19.9. The van der Waals surface area contributed by atoms with E-state index in [-0.39, 0.29) is 0 Å². The molecule has 32 heavy (non-hydrogen) atoms. The highest BCUT2D eigenvalue weighted by molar-refractivity contribution is 5.89. The van der Waals surface area contributed by atoms with Crippen molar-refractivity contribution in [3.8, 4) is 22.5 Å². The van der Waals surface area contributed by atoms with Gasteiger partial charge in [-0.1, -0.05) is 13.8 Å². The van der Waals surface area contributed by atoms with Crippen LogP contribution in [-0.2, 0) is 0 Å². The van der Waals surface area contributed by atoms with Crippen molar-refractivity contribution in [3.63, 3.8) is 0 Å². The van der Waals surface area contributed by atoms with E-state index in [4.69, 9.17) is 4.98 Å². The lowest BCUT2D eigenvalue weighted by Crippen LogP contribution is -2.43. The third-order valence-corrected chi connectivity index (χ3v) is 5.77. The third kappa shape index (κ3) is 4.36. The number of piperazine rings is 1. The molecule has 0 aromatic carbocycles. The average Bonchev–Trinajstić information content (AvgIpc) is 3.16. The first-order valence-electron chi connectivity index (χ1n) is 11.5. The van der Waals surface area contributed by atoms with Crippen molar-refractivity contribution < 1.29 is 0 Å². The zero-order valence-corrected chi connectivity index (χ0v) is 19.7. The molecular weight excluding hydrogens is 396 g/mol. The first kappa shape index (κ1) is 22.0. The molecule has 4 aromatic heterocycles. The lowest BCUT2D eigenvalue weighted by molar-refractivity contribution is 0.585. The molecule has 0 bridgehead atoms. The fraction of sp³-hybridized carbons (Fsp3) is 0.346. The van der Waals surface area contributed by atoms with Crippen LogP contribution >= 0.6 is 0 Å². The van der Waals surface area contributed by atoms with E-state index >= 15 is 0 Å². The zero-order valence-electron chi connectivity index (χ0n) is 19.7. The molecule has 5 heterocycles. The Balaban J connectivity index is 0.00000119. The fourth-order valence-corrected chi connectivity index (χ4v) is 4.25. The van der Waals surface area contributed by atoms with Crippen LogP contribution in [0.25, 0.3) is 33.5 Å². The molecule has 1 aliphatic rings. The summed E-state index contributed by atoms with van der Waals surface area (Å²) >= 11 is 0. The van der Waals surface area contributed by atoms with Crippen LogP contribution in [0.5, 0.6) is 0 Å². The van der Waals surface area contributed by atoms with Crippen LogP contribution < -0.4 is 10.2 Å². The summed E-state index contributed by atoms with van der Waals surface area (Å²) in [6, 6.07) is 12.7. The maximum Gasteiger partial charge on any atom is 0.138 e.